The number of rotatable bonds is 3. The fourth-order valence-electron chi connectivity index (χ4n) is 3.29. The molecule has 3 rings (SSSR count). The number of H-pyrrole nitrogens is 1. The van der Waals surface area contributed by atoms with Crippen LogP contribution in [0.25, 0.3) is 10.9 Å². The van der Waals surface area contributed by atoms with Crippen molar-refractivity contribution >= 4 is 16.9 Å². The Bertz CT molecular complexity index is 626. The van der Waals surface area contributed by atoms with E-state index in [-0.39, 0.29) is 0 Å². The smallest absolute Gasteiger partial charge is 0.325 e. The molecule has 0 spiro atoms. The van der Waals surface area contributed by atoms with E-state index in [9.17, 15) is 9.90 Å². The second-order valence-corrected chi connectivity index (χ2v) is 5.55. The average Bonchev–Trinajstić information content (AvgIpc) is 2.77. The van der Waals surface area contributed by atoms with E-state index in [1.165, 1.54) is 6.42 Å². The fraction of sp³-hybridized carbons (Fsp3) is 0.438. The summed E-state index contributed by atoms with van der Waals surface area (Å²) in [7, 11) is 0. The third-order valence-electron chi connectivity index (χ3n) is 4.21. The molecule has 106 valence electrons. The number of aryl methyl sites for hydroxylation is 1. The summed E-state index contributed by atoms with van der Waals surface area (Å²) >= 11 is 0. The van der Waals surface area contributed by atoms with Crippen LogP contribution in [0, 0.1) is 6.92 Å². The average molecular weight is 272 g/mol. The van der Waals surface area contributed by atoms with Crippen molar-refractivity contribution in [3.63, 3.8) is 0 Å². The molecule has 0 saturated carbocycles. The molecule has 1 aromatic heterocycles. The normalized spacial score (nSPS) is 18.2. The topological polar surface area (TPSA) is 56.3 Å². The lowest BCUT2D eigenvalue weighted by Gasteiger charge is -2.32. The van der Waals surface area contributed by atoms with Crippen LogP contribution in [0.5, 0.6) is 0 Å². The van der Waals surface area contributed by atoms with Crippen LogP contribution >= 0.6 is 0 Å². The maximum Gasteiger partial charge on any atom is 0.325 e. The van der Waals surface area contributed by atoms with E-state index in [2.05, 4.69) is 9.88 Å². The van der Waals surface area contributed by atoms with E-state index in [4.69, 9.17) is 0 Å². The lowest BCUT2D eigenvalue weighted by atomic mass is 9.99. The highest BCUT2D eigenvalue weighted by Crippen LogP contribution is 2.33. The van der Waals surface area contributed by atoms with Crippen molar-refractivity contribution in [2.24, 2.45) is 0 Å². The number of likely N-dealkylation sites (tertiary alicyclic amines) is 1. The Morgan fingerprint density at radius 2 is 1.95 bits per heavy atom. The molecule has 0 bridgehead atoms. The third-order valence-corrected chi connectivity index (χ3v) is 4.21. The number of hydrogen-bond donors (Lipinski definition) is 2. The number of nitrogens with one attached hydrogen (secondary N) is 1. The molecule has 1 aliphatic heterocycles. The lowest BCUT2D eigenvalue weighted by Crippen LogP contribution is -2.38. The van der Waals surface area contributed by atoms with Crippen molar-refractivity contribution in [1.29, 1.82) is 0 Å². The van der Waals surface area contributed by atoms with Crippen LogP contribution in [0.4, 0.5) is 0 Å². The minimum absolute atomic E-state index is 0.536. The standard InChI is InChI=1S/C16H20N2O2/c1-11-14(12-7-3-4-8-13(12)17-11)15(16(19)20)18-9-5-2-6-10-18/h3-4,7-8,15,17H,2,5-6,9-10H2,1H3,(H,19,20). The molecule has 1 aliphatic rings. The number of para-hydroxylation sites is 1. The summed E-state index contributed by atoms with van der Waals surface area (Å²) in [6.45, 7) is 3.71. The van der Waals surface area contributed by atoms with Crippen LogP contribution in [-0.4, -0.2) is 34.0 Å². The molecule has 0 amide bonds. The van der Waals surface area contributed by atoms with Gasteiger partial charge in [-0.3, -0.25) is 9.69 Å². The van der Waals surface area contributed by atoms with Crippen molar-refractivity contribution < 1.29 is 9.90 Å². The van der Waals surface area contributed by atoms with Crippen LogP contribution in [-0.2, 0) is 4.79 Å². The molecule has 1 saturated heterocycles. The summed E-state index contributed by atoms with van der Waals surface area (Å²) < 4.78 is 0. The largest absolute Gasteiger partial charge is 0.480 e. The fourth-order valence-corrected chi connectivity index (χ4v) is 3.29. The number of fused-ring (bicyclic) bond motifs is 1. The first-order valence-corrected chi connectivity index (χ1v) is 7.22. The predicted molar refractivity (Wildman–Crippen MR) is 78.8 cm³/mol. The molecule has 2 N–H and O–H groups in total. The van der Waals surface area contributed by atoms with Gasteiger partial charge in [-0.25, -0.2) is 0 Å². The maximum absolute atomic E-state index is 11.8. The number of nitrogens with zero attached hydrogens (tertiary/aromatic N) is 1. The van der Waals surface area contributed by atoms with E-state index in [0.29, 0.717) is 0 Å². The minimum Gasteiger partial charge on any atom is -0.480 e. The number of piperidine rings is 1. The Morgan fingerprint density at radius 3 is 2.65 bits per heavy atom. The Labute approximate surface area is 118 Å². The molecule has 4 nitrogen and oxygen atoms in total. The van der Waals surface area contributed by atoms with E-state index in [1.54, 1.807) is 0 Å². The van der Waals surface area contributed by atoms with Crippen LogP contribution in [0.3, 0.4) is 0 Å². The molecule has 1 aromatic carbocycles. The number of aliphatic carboxylic acids is 1. The maximum atomic E-state index is 11.8. The number of carboxylic acid groups (broad SMARTS) is 1. The second kappa shape index (κ2) is 5.29. The van der Waals surface area contributed by atoms with Gasteiger partial charge in [-0.2, -0.15) is 0 Å². The highest BCUT2D eigenvalue weighted by atomic mass is 16.4. The van der Waals surface area contributed by atoms with Gasteiger partial charge in [-0.15, -0.1) is 0 Å². The molecule has 2 aromatic rings. The minimum atomic E-state index is -0.750. The van der Waals surface area contributed by atoms with Gasteiger partial charge in [-0.05, 0) is 38.9 Å². The quantitative estimate of drug-likeness (QED) is 0.902. The molecule has 20 heavy (non-hydrogen) atoms. The van der Waals surface area contributed by atoms with Crippen molar-refractivity contribution in [2.75, 3.05) is 13.1 Å². The highest BCUT2D eigenvalue weighted by Gasteiger charge is 2.31. The zero-order chi connectivity index (χ0) is 14.1. The number of carboxylic acids is 1. The number of aromatic nitrogens is 1. The summed E-state index contributed by atoms with van der Waals surface area (Å²) in [5, 5.41) is 10.8. The summed E-state index contributed by atoms with van der Waals surface area (Å²) in [6, 6.07) is 7.41. The SMILES string of the molecule is Cc1[nH]c2ccccc2c1C(C(=O)O)N1CCCCC1. The van der Waals surface area contributed by atoms with Gasteiger partial charge in [0.15, 0.2) is 0 Å². The molecule has 4 heteroatoms. The van der Waals surface area contributed by atoms with Crippen LogP contribution in [0.15, 0.2) is 24.3 Å². The van der Waals surface area contributed by atoms with Gasteiger partial charge >= 0.3 is 5.97 Å². The van der Waals surface area contributed by atoms with Gasteiger partial charge in [0.25, 0.3) is 0 Å². The summed E-state index contributed by atoms with van der Waals surface area (Å²) in [6.07, 6.45) is 3.38. The van der Waals surface area contributed by atoms with E-state index in [0.717, 1.165) is 48.1 Å². The molecule has 0 radical (unpaired) electrons. The summed E-state index contributed by atoms with van der Waals surface area (Å²) in [5.74, 6) is -0.750. The Kier molecular flexibility index (Phi) is 3.49. The first-order chi connectivity index (χ1) is 9.68. The van der Waals surface area contributed by atoms with E-state index < -0.39 is 12.0 Å². The number of aromatic amines is 1. The lowest BCUT2D eigenvalue weighted by molar-refractivity contribution is -0.144. The number of benzene rings is 1. The molecular formula is C16H20N2O2. The van der Waals surface area contributed by atoms with Gasteiger partial charge in [0, 0.05) is 22.2 Å². The van der Waals surface area contributed by atoms with Crippen molar-refractivity contribution in [3.8, 4) is 0 Å². The van der Waals surface area contributed by atoms with Gasteiger partial charge in [0.05, 0.1) is 0 Å². The number of carbonyl (C=O) groups is 1. The van der Waals surface area contributed by atoms with Gasteiger partial charge in [0.2, 0.25) is 0 Å². The third kappa shape index (κ3) is 2.20. The molecule has 0 aliphatic carbocycles. The van der Waals surface area contributed by atoms with Gasteiger partial charge in [-0.1, -0.05) is 24.6 Å². The monoisotopic (exact) mass is 272 g/mol. The van der Waals surface area contributed by atoms with Crippen molar-refractivity contribution in [2.45, 2.75) is 32.2 Å². The second-order valence-electron chi connectivity index (χ2n) is 5.55. The Balaban J connectivity index is 2.09. The van der Waals surface area contributed by atoms with Crippen molar-refractivity contribution in [1.82, 2.24) is 9.88 Å². The highest BCUT2D eigenvalue weighted by molar-refractivity contribution is 5.90. The zero-order valence-corrected chi connectivity index (χ0v) is 11.7. The molecular weight excluding hydrogens is 252 g/mol. The molecule has 1 unspecified atom stereocenters. The molecule has 2 heterocycles. The molecule has 1 fully saturated rings. The Hall–Kier alpha value is -1.81. The number of hydrogen-bond acceptors (Lipinski definition) is 2. The van der Waals surface area contributed by atoms with Crippen LogP contribution in [0.2, 0.25) is 0 Å². The predicted octanol–water partition coefficient (Wildman–Crippen LogP) is 3.09. The van der Waals surface area contributed by atoms with Crippen molar-refractivity contribution in [3.05, 3.63) is 35.5 Å². The summed E-state index contributed by atoms with van der Waals surface area (Å²) in [5.41, 5.74) is 2.91. The Morgan fingerprint density at radius 1 is 1.25 bits per heavy atom. The first kappa shape index (κ1) is 13.2. The van der Waals surface area contributed by atoms with Crippen LogP contribution in [0.1, 0.15) is 36.6 Å². The van der Waals surface area contributed by atoms with E-state index in [1.807, 2.05) is 31.2 Å². The van der Waals surface area contributed by atoms with Gasteiger partial charge in [0.1, 0.15) is 6.04 Å². The first-order valence-electron chi connectivity index (χ1n) is 7.22. The molecule has 1 atom stereocenters. The van der Waals surface area contributed by atoms with Gasteiger partial charge < -0.3 is 10.1 Å². The van der Waals surface area contributed by atoms with E-state index >= 15 is 0 Å². The zero-order valence-electron chi connectivity index (χ0n) is 11.7. The summed E-state index contributed by atoms with van der Waals surface area (Å²) in [4.78, 5) is 17.3. The van der Waals surface area contributed by atoms with Crippen LogP contribution < -0.4 is 0 Å².